The summed E-state index contributed by atoms with van der Waals surface area (Å²) >= 11 is 5.49. The van der Waals surface area contributed by atoms with E-state index in [2.05, 4.69) is 0 Å². The summed E-state index contributed by atoms with van der Waals surface area (Å²) in [5.74, 6) is 1.29. The van der Waals surface area contributed by atoms with Crippen molar-refractivity contribution in [1.29, 1.82) is 0 Å². The number of ether oxygens (including phenoxy) is 1. The zero-order chi connectivity index (χ0) is 11.7. The molecule has 0 saturated carbocycles. The fourth-order valence-corrected chi connectivity index (χ4v) is 1.10. The van der Waals surface area contributed by atoms with Gasteiger partial charge in [-0.1, -0.05) is 6.07 Å². The standard InChI is InChI=1S/C10H13ClO2.CH4O/c1-8-3-4-10(9(12)7-8)13-6-2-5-11;1-2/h3-4,7,12H,2,5-6H2,1H3;2H,1H3. The molecule has 0 heterocycles. The van der Waals surface area contributed by atoms with Gasteiger partial charge < -0.3 is 14.9 Å². The van der Waals surface area contributed by atoms with E-state index in [4.69, 9.17) is 21.4 Å². The summed E-state index contributed by atoms with van der Waals surface area (Å²) < 4.78 is 5.30. The fourth-order valence-electron chi connectivity index (χ4n) is 0.986. The topological polar surface area (TPSA) is 49.7 Å². The predicted octanol–water partition coefficient (Wildman–Crippen LogP) is 2.32. The van der Waals surface area contributed by atoms with Crippen molar-refractivity contribution in [2.24, 2.45) is 0 Å². The van der Waals surface area contributed by atoms with Gasteiger partial charge in [0.2, 0.25) is 0 Å². The largest absolute Gasteiger partial charge is 0.504 e. The number of alkyl halides is 1. The molecule has 1 aromatic carbocycles. The number of benzene rings is 1. The Kier molecular flexibility index (Phi) is 7.86. The van der Waals surface area contributed by atoms with Crippen LogP contribution in [-0.2, 0) is 0 Å². The summed E-state index contributed by atoms with van der Waals surface area (Å²) in [6.07, 6.45) is 0.787. The van der Waals surface area contributed by atoms with Gasteiger partial charge in [-0.2, -0.15) is 0 Å². The van der Waals surface area contributed by atoms with E-state index in [1.165, 1.54) is 0 Å². The molecule has 86 valence electrons. The van der Waals surface area contributed by atoms with Crippen LogP contribution >= 0.6 is 11.6 Å². The second-order valence-corrected chi connectivity index (χ2v) is 3.24. The molecular weight excluding hydrogens is 216 g/mol. The summed E-state index contributed by atoms with van der Waals surface area (Å²) in [5, 5.41) is 16.4. The van der Waals surface area contributed by atoms with Crippen molar-refractivity contribution in [3.63, 3.8) is 0 Å². The number of aliphatic hydroxyl groups is 1. The lowest BCUT2D eigenvalue weighted by molar-refractivity contribution is 0.300. The summed E-state index contributed by atoms with van der Waals surface area (Å²) in [6.45, 7) is 2.46. The van der Waals surface area contributed by atoms with Crippen molar-refractivity contribution in [1.82, 2.24) is 0 Å². The van der Waals surface area contributed by atoms with Gasteiger partial charge in [-0.15, -0.1) is 11.6 Å². The van der Waals surface area contributed by atoms with E-state index in [1.54, 1.807) is 12.1 Å². The molecule has 0 fully saturated rings. The van der Waals surface area contributed by atoms with E-state index in [1.807, 2.05) is 13.0 Å². The number of aromatic hydroxyl groups is 1. The van der Waals surface area contributed by atoms with Gasteiger partial charge in [0.05, 0.1) is 6.61 Å². The number of halogens is 1. The SMILES string of the molecule is CO.Cc1ccc(OCCCCl)c(O)c1. The minimum absolute atomic E-state index is 0.189. The first-order valence-electron chi connectivity index (χ1n) is 4.67. The molecule has 0 amide bonds. The van der Waals surface area contributed by atoms with E-state index in [0.29, 0.717) is 18.2 Å². The maximum absolute atomic E-state index is 9.43. The van der Waals surface area contributed by atoms with Crippen LogP contribution in [-0.4, -0.2) is 29.8 Å². The van der Waals surface area contributed by atoms with Crippen molar-refractivity contribution < 1.29 is 14.9 Å². The van der Waals surface area contributed by atoms with Gasteiger partial charge in [0, 0.05) is 13.0 Å². The minimum Gasteiger partial charge on any atom is -0.504 e. The molecule has 0 aliphatic carbocycles. The molecule has 0 unspecified atom stereocenters. The lowest BCUT2D eigenvalue weighted by Gasteiger charge is -2.07. The third kappa shape index (κ3) is 5.50. The summed E-state index contributed by atoms with van der Waals surface area (Å²) in [4.78, 5) is 0. The van der Waals surface area contributed by atoms with Crippen LogP contribution in [0.3, 0.4) is 0 Å². The summed E-state index contributed by atoms with van der Waals surface area (Å²) in [5.41, 5.74) is 1.02. The van der Waals surface area contributed by atoms with Crippen molar-refractivity contribution in [2.45, 2.75) is 13.3 Å². The summed E-state index contributed by atoms with van der Waals surface area (Å²) in [6, 6.07) is 5.34. The first kappa shape index (κ1) is 14.1. The van der Waals surface area contributed by atoms with Gasteiger partial charge in [-0.3, -0.25) is 0 Å². The highest BCUT2D eigenvalue weighted by molar-refractivity contribution is 6.17. The second kappa shape index (κ2) is 8.38. The zero-order valence-electron chi connectivity index (χ0n) is 9.03. The molecular formula is C11H17ClO3. The predicted molar refractivity (Wildman–Crippen MR) is 61.8 cm³/mol. The van der Waals surface area contributed by atoms with E-state index in [9.17, 15) is 5.11 Å². The van der Waals surface area contributed by atoms with Gasteiger partial charge in [0.15, 0.2) is 11.5 Å². The minimum atomic E-state index is 0.189. The molecule has 0 radical (unpaired) electrons. The Bertz CT molecular complexity index is 277. The molecule has 0 atom stereocenters. The molecule has 15 heavy (non-hydrogen) atoms. The average Bonchev–Trinajstić information content (AvgIpc) is 2.24. The highest BCUT2D eigenvalue weighted by Gasteiger charge is 2.00. The molecule has 3 nitrogen and oxygen atoms in total. The molecule has 0 aromatic heterocycles. The number of phenolic OH excluding ortho intramolecular Hbond substituents is 1. The molecule has 0 aliphatic rings. The van der Waals surface area contributed by atoms with Crippen LogP contribution in [0.2, 0.25) is 0 Å². The number of rotatable bonds is 4. The Balaban J connectivity index is 0.000000921. The van der Waals surface area contributed by atoms with E-state index in [-0.39, 0.29) is 5.75 Å². The second-order valence-electron chi connectivity index (χ2n) is 2.86. The Morgan fingerprint density at radius 1 is 1.33 bits per heavy atom. The lowest BCUT2D eigenvalue weighted by Crippen LogP contribution is -1.97. The van der Waals surface area contributed by atoms with Crippen LogP contribution < -0.4 is 4.74 Å². The summed E-state index contributed by atoms with van der Waals surface area (Å²) in [7, 11) is 1.00. The Labute approximate surface area is 95.3 Å². The van der Waals surface area contributed by atoms with E-state index in [0.717, 1.165) is 19.1 Å². The maximum Gasteiger partial charge on any atom is 0.160 e. The Hall–Kier alpha value is -0.930. The Morgan fingerprint density at radius 3 is 2.53 bits per heavy atom. The van der Waals surface area contributed by atoms with Crippen LogP contribution in [0.15, 0.2) is 18.2 Å². The van der Waals surface area contributed by atoms with Gasteiger partial charge in [-0.05, 0) is 31.0 Å². The third-order valence-electron chi connectivity index (χ3n) is 1.65. The molecule has 0 aliphatic heterocycles. The van der Waals surface area contributed by atoms with Crippen molar-refractivity contribution in [2.75, 3.05) is 19.6 Å². The van der Waals surface area contributed by atoms with Gasteiger partial charge >= 0.3 is 0 Å². The first-order valence-corrected chi connectivity index (χ1v) is 5.20. The molecule has 1 rings (SSSR count). The molecule has 0 spiro atoms. The number of hydrogen-bond donors (Lipinski definition) is 2. The normalized spacial score (nSPS) is 9.07. The molecule has 2 N–H and O–H groups in total. The number of phenols is 1. The molecule has 1 aromatic rings. The maximum atomic E-state index is 9.43. The van der Waals surface area contributed by atoms with Crippen LogP contribution in [0, 0.1) is 6.92 Å². The van der Waals surface area contributed by atoms with Crippen LogP contribution in [0.5, 0.6) is 11.5 Å². The lowest BCUT2D eigenvalue weighted by atomic mass is 10.2. The van der Waals surface area contributed by atoms with Crippen LogP contribution in [0.25, 0.3) is 0 Å². The number of hydrogen-bond acceptors (Lipinski definition) is 3. The van der Waals surface area contributed by atoms with Gasteiger partial charge in [-0.25, -0.2) is 0 Å². The first-order chi connectivity index (χ1) is 7.24. The fraction of sp³-hybridized carbons (Fsp3) is 0.455. The quantitative estimate of drug-likeness (QED) is 0.619. The number of aliphatic hydroxyl groups excluding tert-OH is 1. The van der Waals surface area contributed by atoms with Gasteiger partial charge in [0.25, 0.3) is 0 Å². The van der Waals surface area contributed by atoms with Crippen molar-refractivity contribution in [3.05, 3.63) is 23.8 Å². The van der Waals surface area contributed by atoms with E-state index >= 15 is 0 Å². The Morgan fingerprint density at radius 2 is 2.00 bits per heavy atom. The highest BCUT2D eigenvalue weighted by Crippen LogP contribution is 2.26. The van der Waals surface area contributed by atoms with Crippen molar-refractivity contribution in [3.8, 4) is 11.5 Å². The van der Waals surface area contributed by atoms with Crippen LogP contribution in [0.1, 0.15) is 12.0 Å². The molecule has 4 heteroatoms. The average molecular weight is 233 g/mol. The van der Waals surface area contributed by atoms with Crippen LogP contribution in [0.4, 0.5) is 0 Å². The third-order valence-corrected chi connectivity index (χ3v) is 1.92. The van der Waals surface area contributed by atoms with Crippen molar-refractivity contribution >= 4 is 11.6 Å². The molecule has 0 bridgehead atoms. The zero-order valence-corrected chi connectivity index (χ0v) is 9.79. The highest BCUT2D eigenvalue weighted by atomic mass is 35.5. The number of aryl methyl sites for hydroxylation is 1. The molecule has 0 saturated heterocycles. The monoisotopic (exact) mass is 232 g/mol. The smallest absolute Gasteiger partial charge is 0.160 e. The van der Waals surface area contributed by atoms with Gasteiger partial charge in [0.1, 0.15) is 0 Å². The van der Waals surface area contributed by atoms with E-state index < -0.39 is 0 Å².